The second-order valence-corrected chi connectivity index (χ2v) is 17.5. The molecule has 239 valence electrons. The molecule has 0 aliphatic rings. The molecular formula is C41H37FIrN2OSi-2. The molecule has 7 rings (SSSR count). The molecule has 0 N–H and O–H groups in total. The molecule has 0 unspecified atom stereocenters. The van der Waals surface area contributed by atoms with Crippen LogP contribution in [0, 0.1) is 17.9 Å². The molecule has 3 nitrogen and oxygen atoms in total. The van der Waals surface area contributed by atoms with Gasteiger partial charge in [-0.15, -0.1) is 48.0 Å². The van der Waals surface area contributed by atoms with Crippen molar-refractivity contribution in [2.24, 2.45) is 0 Å². The van der Waals surface area contributed by atoms with Crippen LogP contribution in [-0.2, 0) is 26.5 Å². The fourth-order valence-corrected chi connectivity index (χ4v) is 6.17. The Labute approximate surface area is 295 Å². The number of furan rings is 1. The fourth-order valence-electron chi connectivity index (χ4n) is 5.14. The Balaban J connectivity index is 0.000000229. The van der Waals surface area contributed by atoms with Gasteiger partial charge in [-0.3, -0.25) is 4.39 Å². The van der Waals surface area contributed by atoms with E-state index in [0.717, 1.165) is 33.2 Å². The number of aromatic nitrogens is 2. The molecule has 6 heteroatoms. The molecule has 0 aliphatic carbocycles. The van der Waals surface area contributed by atoms with Gasteiger partial charge in [0, 0.05) is 47.8 Å². The van der Waals surface area contributed by atoms with Crippen LogP contribution >= 0.6 is 0 Å². The Kier molecular flexibility index (Phi) is 9.41. The smallest absolute Gasteiger partial charge is 0.121 e. The minimum atomic E-state index is -1.66. The van der Waals surface area contributed by atoms with Gasteiger partial charge in [0.1, 0.15) is 5.58 Å². The first-order chi connectivity index (χ1) is 23.2. The van der Waals surface area contributed by atoms with Gasteiger partial charge in [0.2, 0.25) is 0 Å². The number of rotatable bonds is 6. The Morgan fingerprint density at radius 1 is 0.851 bits per heavy atom. The predicted molar refractivity (Wildman–Crippen MR) is 191 cm³/mol. The maximum atomic E-state index is 12.8. The van der Waals surface area contributed by atoms with Gasteiger partial charge in [-0.25, -0.2) is 0 Å². The van der Waals surface area contributed by atoms with E-state index in [0.29, 0.717) is 28.0 Å². The number of halogens is 1. The Hall–Kier alpha value is -4.22. The number of hydrogen-bond donors (Lipinski definition) is 0. The van der Waals surface area contributed by atoms with E-state index < -0.39 is 20.3 Å². The van der Waals surface area contributed by atoms with E-state index in [4.69, 9.17) is 8.53 Å². The van der Waals surface area contributed by atoms with Gasteiger partial charge >= 0.3 is 0 Å². The standard InChI is InChI=1S/C27H22NO.C14H15FNSi.Ir/c1-18(2)21-11-12-22-23-9-6-10-24(27(23)29-26(22)17-21)25-16-20(13-14-28-25)15-19-7-4-3-5-8-19;1-17(2,3)13-8-9-14(16-10-13)11-4-6-12(15)7-5-11;/h3-9,11-14,16-18H,15H2,1-2H3;4,6-10H,1-3H3;/q2*-1;/i15D2,18D;;. The molecule has 0 fully saturated rings. The van der Waals surface area contributed by atoms with Crippen molar-refractivity contribution in [3.8, 4) is 22.5 Å². The summed E-state index contributed by atoms with van der Waals surface area (Å²) in [6, 6.07) is 37.0. The Bertz CT molecular complexity index is 2230. The van der Waals surface area contributed by atoms with Crippen LogP contribution in [-0.4, -0.2) is 18.0 Å². The number of nitrogens with zero attached hydrogens (tertiary/aromatic N) is 2. The van der Waals surface area contributed by atoms with E-state index in [1.54, 1.807) is 36.5 Å². The topological polar surface area (TPSA) is 38.9 Å². The molecule has 3 heterocycles. The van der Waals surface area contributed by atoms with Gasteiger partial charge in [-0.05, 0) is 57.7 Å². The molecule has 0 amide bonds. The van der Waals surface area contributed by atoms with Crippen molar-refractivity contribution < 1.29 is 33.0 Å². The summed E-state index contributed by atoms with van der Waals surface area (Å²) < 4.78 is 44.7. The van der Waals surface area contributed by atoms with Crippen LogP contribution in [0.3, 0.4) is 0 Å². The number of benzene rings is 4. The normalized spacial score (nSPS) is 12.8. The minimum Gasteiger partial charge on any atom is -0.501 e. The van der Waals surface area contributed by atoms with Crippen LogP contribution in [0.5, 0.6) is 0 Å². The van der Waals surface area contributed by atoms with Crippen LogP contribution in [0.2, 0.25) is 19.6 Å². The van der Waals surface area contributed by atoms with Crippen molar-refractivity contribution in [2.75, 3.05) is 0 Å². The first kappa shape index (κ1) is 30.1. The second kappa shape index (κ2) is 14.7. The maximum absolute atomic E-state index is 12.8. The van der Waals surface area contributed by atoms with Crippen molar-refractivity contribution in [1.82, 2.24) is 9.97 Å². The van der Waals surface area contributed by atoms with Crippen molar-refractivity contribution in [3.63, 3.8) is 0 Å². The molecule has 0 saturated carbocycles. The molecular weight excluding hydrogens is 776 g/mol. The van der Waals surface area contributed by atoms with Crippen molar-refractivity contribution in [3.05, 3.63) is 150 Å². The zero-order valence-electron chi connectivity index (χ0n) is 30.0. The molecule has 0 atom stereocenters. The summed E-state index contributed by atoms with van der Waals surface area (Å²) in [5.41, 5.74) is 6.33. The summed E-state index contributed by atoms with van der Waals surface area (Å²) in [6.45, 7) is 10.6. The number of hydrogen-bond acceptors (Lipinski definition) is 3. The molecule has 7 aromatic rings. The van der Waals surface area contributed by atoms with E-state index in [-0.39, 0.29) is 25.9 Å². The molecule has 3 aromatic heterocycles. The predicted octanol–water partition coefficient (Wildman–Crippen LogP) is 10.4. The Morgan fingerprint density at radius 2 is 1.66 bits per heavy atom. The van der Waals surface area contributed by atoms with Crippen molar-refractivity contribution in [1.29, 1.82) is 0 Å². The van der Waals surface area contributed by atoms with Crippen LogP contribution in [0.25, 0.3) is 44.5 Å². The average molecular weight is 816 g/mol. The van der Waals surface area contributed by atoms with E-state index in [1.165, 1.54) is 17.3 Å². The van der Waals surface area contributed by atoms with E-state index >= 15 is 0 Å². The summed E-state index contributed by atoms with van der Waals surface area (Å²) >= 11 is 0. The van der Waals surface area contributed by atoms with Gasteiger partial charge in [0.25, 0.3) is 0 Å². The molecule has 4 aromatic carbocycles. The average Bonchev–Trinajstić information content (AvgIpc) is 3.47. The van der Waals surface area contributed by atoms with Gasteiger partial charge in [0.15, 0.2) is 0 Å². The third kappa shape index (κ3) is 8.02. The number of pyridine rings is 2. The monoisotopic (exact) mass is 816 g/mol. The quantitative estimate of drug-likeness (QED) is 0.124. The van der Waals surface area contributed by atoms with E-state index in [9.17, 15) is 4.39 Å². The summed E-state index contributed by atoms with van der Waals surface area (Å²) in [5.74, 6) is -0.992. The van der Waals surface area contributed by atoms with Crippen LogP contribution in [0.15, 0.2) is 120 Å². The summed E-state index contributed by atoms with van der Waals surface area (Å²) in [6.07, 6.45) is 1.90. The van der Waals surface area contributed by atoms with E-state index in [2.05, 4.69) is 47.8 Å². The molecule has 0 bridgehead atoms. The summed E-state index contributed by atoms with van der Waals surface area (Å²) in [4.78, 5) is 8.93. The largest absolute Gasteiger partial charge is 0.501 e. The SMILES string of the molecule is C[Si](C)(C)c1ccc(-c2[c-]cc(F)cc2)nc1.[2H]C(C)(C)c1ccc2c(c1)oc1c(-c3cc(C([2H])([2H])c4ccccc4)ccn3)[c-]ccc12.[Ir]. The van der Waals surface area contributed by atoms with Crippen molar-refractivity contribution in [2.45, 2.75) is 45.8 Å². The van der Waals surface area contributed by atoms with Gasteiger partial charge < -0.3 is 14.4 Å². The Morgan fingerprint density at radius 3 is 2.34 bits per heavy atom. The molecule has 0 saturated heterocycles. The van der Waals surface area contributed by atoms with Gasteiger partial charge in [0.05, 0.1) is 13.7 Å². The van der Waals surface area contributed by atoms with Crippen LogP contribution in [0.4, 0.5) is 4.39 Å². The summed E-state index contributed by atoms with van der Waals surface area (Å²) in [7, 11) is -1.30. The third-order valence-corrected chi connectivity index (χ3v) is 9.80. The minimum absolute atomic E-state index is 0. The molecule has 0 aliphatic heterocycles. The first-order valence-electron chi connectivity index (χ1n) is 16.8. The second-order valence-electron chi connectivity index (χ2n) is 12.4. The van der Waals surface area contributed by atoms with Crippen LogP contribution in [0.1, 0.15) is 40.5 Å². The van der Waals surface area contributed by atoms with Gasteiger partial charge in [-0.1, -0.05) is 105 Å². The van der Waals surface area contributed by atoms with Crippen molar-refractivity contribution >= 4 is 35.2 Å². The van der Waals surface area contributed by atoms with Gasteiger partial charge in [-0.2, -0.15) is 0 Å². The molecule has 0 spiro atoms. The maximum Gasteiger partial charge on any atom is 0.121 e. The first-order valence-corrected chi connectivity index (χ1v) is 18.8. The summed E-state index contributed by atoms with van der Waals surface area (Å²) in [5, 5.41) is 3.24. The number of fused-ring (bicyclic) bond motifs is 3. The zero-order valence-corrected chi connectivity index (χ0v) is 30.4. The van der Waals surface area contributed by atoms with E-state index in [1.807, 2.05) is 74.6 Å². The third-order valence-electron chi connectivity index (χ3n) is 7.77. The molecule has 47 heavy (non-hydrogen) atoms. The van der Waals surface area contributed by atoms with Crippen LogP contribution < -0.4 is 5.19 Å². The molecule has 1 radical (unpaired) electrons. The zero-order chi connectivity index (χ0) is 35.0. The fraction of sp³-hybridized carbons (Fsp3) is 0.171.